The average Bonchev–Trinajstić information content (AvgIpc) is 2.81. The number of benzene rings is 1. The van der Waals surface area contributed by atoms with Crippen LogP contribution >= 0.6 is 11.3 Å². The molecule has 0 fully saturated rings. The second-order valence-corrected chi connectivity index (χ2v) is 4.91. The normalized spacial score (nSPS) is 10.2. The first kappa shape index (κ1) is 13.9. The van der Waals surface area contributed by atoms with Crippen LogP contribution in [0.4, 0.5) is 5.69 Å². The Bertz CT molecular complexity index is 668. The Morgan fingerprint density at radius 1 is 1.55 bits per heavy atom. The van der Waals surface area contributed by atoms with Crippen molar-refractivity contribution >= 4 is 22.9 Å². The van der Waals surface area contributed by atoms with Crippen LogP contribution in [0.2, 0.25) is 0 Å². The maximum atomic E-state index is 11.9. The molecule has 2 aromatic rings. The summed E-state index contributed by atoms with van der Waals surface area (Å²) in [4.78, 5) is 26.8. The highest BCUT2D eigenvalue weighted by Crippen LogP contribution is 2.29. The van der Waals surface area contributed by atoms with Gasteiger partial charge >= 0.3 is 5.69 Å². The monoisotopic (exact) mass is 293 g/mol. The molecule has 20 heavy (non-hydrogen) atoms. The second kappa shape index (κ2) is 5.66. The molecule has 2 N–H and O–H groups in total. The molecule has 0 bridgehead atoms. The van der Waals surface area contributed by atoms with E-state index in [4.69, 9.17) is 0 Å². The third kappa shape index (κ3) is 2.75. The number of phenolic OH excluding ortho intramolecular Hbond substituents is 1. The first-order valence-corrected chi connectivity index (χ1v) is 6.52. The molecule has 1 amide bonds. The Labute approximate surface area is 118 Å². The van der Waals surface area contributed by atoms with Gasteiger partial charge < -0.3 is 10.4 Å². The van der Waals surface area contributed by atoms with Gasteiger partial charge in [-0.05, 0) is 13.0 Å². The van der Waals surface area contributed by atoms with E-state index in [-0.39, 0.29) is 12.1 Å². The topological polar surface area (TPSA) is 105 Å². The molecular formula is C12H11N3O4S. The lowest BCUT2D eigenvalue weighted by atomic mass is 10.1. The van der Waals surface area contributed by atoms with Crippen molar-refractivity contribution in [1.82, 2.24) is 10.3 Å². The molecule has 0 aliphatic heterocycles. The van der Waals surface area contributed by atoms with Crippen molar-refractivity contribution in [2.24, 2.45) is 0 Å². The SMILES string of the molecule is Cc1ncsc1CNC(=O)c1cccc([N+](=O)[O-])c1O. The van der Waals surface area contributed by atoms with E-state index in [0.717, 1.165) is 16.6 Å². The number of carbonyl (C=O) groups is 1. The van der Waals surface area contributed by atoms with Gasteiger partial charge in [-0.1, -0.05) is 6.07 Å². The molecule has 0 spiro atoms. The summed E-state index contributed by atoms with van der Waals surface area (Å²) in [6, 6.07) is 3.82. The predicted molar refractivity (Wildman–Crippen MR) is 72.8 cm³/mol. The summed E-state index contributed by atoms with van der Waals surface area (Å²) < 4.78 is 0. The lowest BCUT2D eigenvalue weighted by molar-refractivity contribution is -0.385. The summed E-state index contributed by atoms with van der Waals surface area (Å²) in [5.74, 6) is -1.20. The number of aromatic nitrogens is 1. The van der Waals surface area contributed by atoms with Crippen molar-refractivity contribution < 1.29 is 14.8 Å². The summed E-state index contributed by atoms with van der Waals surface area (Å²) in [5.41, 5.74) is 1.87. The van der Waals surface area contributed by atoms with E-state index in [1.54, 1.807) is 5.51 Å². The second-order valence-electron chi connectivity index (χ2n) is 3.97. The lowest BCUT2D eigenvalue weighted by Gasteiger charge is -2.06. The van der Waals surface area contributed by atoms with Crippen molar-refractivity contribution in [2.75, 3.05) is 0 Å². The molecule has 0 aliphatic carbocycles. The fourth-order valence-corrected chi connectivity index (χ4v) is 2.33. The number of nitro groups is 1. The number of amides is 1. The quantitative estimate of drug-likeness (QED) is 0.662. The lowest BCUT2D eigenvalue weighted by Crippen LogP contribution is -2.22. The van der Waals surface area contributed by atoms with E-state index < -0.39 is 22.3 Å². The molecule has 0 unspecified atom stereocenters. The van der Waals surface area contributed by atoms with Crippen LogP contribution in [-0.2, 0) is 6.54 Å². The Morgan fingerprint density at radius 2 is 2.30 bits per heavy atom. The van der Waals surface area contributed by atoms with Gasteiger partial charge in [0.25, 0.3) is 5.91 Å². The molecule has 0 saturated heterocycles. The van der Waals surface area contributed by atoms with E-state index >= 15 is 0 Å². The van der Waals surface area contributed by atoms with E-state index in [0.29, 0.717) is 0 Å². The van der Waals surface area contributed by atoms with Crippen molar-refractivity contribution in [3.63, 3.8) is 0 Å². The highest BCUT2D eigenvalue weighted by molar-refractivity contribution is 7.09. The molecule has 8 heteroatoms. The van der Waals surface area contributed by atoms with Crippen molar-refractivity contribution in [3.8, 4) is 5.75 Å². The number of thiazole rings is 1. The number of nitrogens with zero attached hydrogens (tertiary/aromatic N) is 2. The maximum absolute atomic E-state index is 11.9. The van der Waals surface area contributed by atoms with Gasteiger partial charge in [-0.25, -0.2) is 4.98 Å². The van der Waals surface area contributed by atoms with E-state index in [1.807, 2.05) is 6.92 Å². The number of nitro benzene ring substituents is 1. The van der Waals surface area contributed by atoms with Crippen molar-refractivity contribution in [1.29, 1.82) is 0 Å². The summed E-state index contributed by atoms with van der Waals surface area (Å²) in [6.45, 7) is 2.08. The van der Waals surface area contributed by atoms with Crippen LogP contribution in [-0.4, -0.2) is 20.9 Å². The van der Waals surface area contributed by atoms with Crippen LogP contribution in [0.5, 0.6) is 5.75 Å². The van der Waals surface area contributed by atoms with Crippen molar-refractivity contribution in [3.05, 3.63) is 50.0 Å². The van der Waals surface area contributed by atoms with Crippen LogP contribution in [0.25, 0.3) is 0 Å². The van der Waals surface area contributed by atoms with E-state index in [2.05, 4.69) is 10.3 Å². The molecular weight excluding hydrogens is 282 g/mol. The molecule has 1 aromatic heterocycles. The Kier molecular flexibility index (Phi) is 3.94. The summed E-state index contributed by atoms with van der Waals surface area (Å²) >= 11 is 1.40. The predicted octanol–water partition coefficient (Wildman–Crippen LogP) is 2.00. The van der Waals surface area contributed by atoms with Gasteiger partial charge in [-0.3, -0.25) is 14.9 Å². The number of rotatable bonds is 4. The summed E-state index contributed by atoms with van der Waals surface area (Å²) in [7, 11) is 0. The molecule has 0 saturated carbocycles. The minimum atomic E-state index is -0.737. The number of hydrogen-bond acceptors (Lipinski definition) is 6. The van der Waals surface area contributed by atoms with Gasteiger partial charge in [0.15, 0.2) is 0 Å². The number of hydrogen-bond donors (Lipinski definition) is 2. The summed E-state index contributed by atoms with van der Waals surface area (Å²) in [5, 5.41) is 23.0. The number of aryl methyl sites for hydroxylation is 1. The fourth-order valence-electron chi connectivity index (χ4n) is 1.61. The largest absolute Gasteiger partial charge is 0.502 e. The van der Waals surface area contributed by atoms with Gasteiger partial charge in [0.1, 0.15) is 0 Å². The molecule has 0 atom stereocenters. The van der Waals surface area contributed by atoms with Crippen molar-refractivity contribution in [2.45, 2.75) is 13.5 Å². The van der Waals surface area contributed by atoms with Crippen LogP contribution in [0.15, 0.2) is 23.7 Å². The first-order valence-electron chi connectivity index (χ1n) is 5.64. The first-order chi connectivity index (χ1) is 9.50. The molecule has 104 valence electrons. The van der Waals surface area contributed by atoms with Crippen LogP contribution in [0.1, 0.15) is 20.9 Å². The number of nitrogens with one attached hydrogen (secondary N) is 1. The number of phenols is 1. The number of para-hydroxylation sites is 1. The summed E-state index contributed by atoms with van der Waals surface area (Å²) in [6.07, 6.45) is 0. The standard InChI is InChI=1S/C12H11N3O4S/c1-7-10(20-6-14-7)5-13-12(17)8-3-2-4-9(11(8)16)15(18)19/h2-4,6,16H,5H2,1H3,(H,13,17). The highest BCUT2D eigenvalue weighted by Gasteiger charge is 2.20. The third-order valence-corrected chi connectivity index (χ3v) is 3.65. The fraction of sp³-hybridized carbons (Fsp3) is 0.167. The molecule has 2 rings (SSSR count). The third-order valence-electron chi connectivity index (χ3n) is 2.71. The number of aromatic hydroxyl groups is 1. The smallest absolute Gasteiger partial charge is 0.311 e. The van der Waals surface area contributed by atoms with Gasteiger partial charge in [-0.15, -0.1) is 11.3 Å². The molecule has 1 aromatic carbocycles. The van der Waals surface area contributed by atoms with Gasteiger partial charge in [0, 0.05) is 10.9 Å². The van der Waals surface area contributed by atoms with Crippen LogP contribution in [0.3, 0.4) is 0 Å². The van der Waals surface area contributed by atoms with E-state index in [9.17, 15) is 20.0 Å². The van der Waals surface area contributed by atoms with Gasteiger partial charge in [0.2, 0.25) is 5.75 Å². The number of carbonyl (C=O) groups excluding carboxylic acids is 1. The zero-order chi connectivity index (χ0) is 14.7. The van der Waals surface area contributed by atoms with Gasteiger partial charge in [-0.2, -0.15) is 0 Å². The Hall–Kier alpha value is -2.48. The van der Waals surface area contributed by atoms with Gasteiger partial charge in [0.05, 0.1) is 28.2 Å². The molecule has 0 aliphatic rings. The maximum Gasteiger partial charge on any atom is 0.311 e. The minimum Gasteiger partial charge on any atom is -0.502 e. The van der Waals surface area contributed by atoms with Crippen LogP contribution in [0, 0.1) is 17.0 Å². The molecule has 0 radical (unpaired) electrons. The Balaban J connectivity index is 2.16. The van der Waals surface area contributed by atoms with E-state index in [1.165, 1.54) is 23.5 Å². The highest BCUT2D eigenvalue weighted by atomic mass is 32.1. The molecule has 7 nitrogen and oxygen atoms in total. The Morgan fingerprint density at radius 3 is 2.90 bits per heavy atom. The average molecular weight is 293 g/mol. The minimum absolute atomic E-state index is 0.124. The van der Waals surface area contributed by atoms with Crippen LogP contribution < -0.4 is 5.32 Å². The zero-order valence-electron chi connectivity index (χ0n) is 10.5. The molecule has 1 heterocycles. The zero-order valence-corrected chi connectivity index (χ0v) is 11.3.